The first-order valence-corrected chi connectivity index (χ1v) is 23.4. The summed E-state index contributed by atoms with van der Waals surface area (Å²) in [7, 11) is -2.39. The zero-order valence-electron chi connectivity index (χ0n) is 35.1. The normalized spacial score (nSPS) is 13.5. The number of phosphoric acid groups is 1. The van der Waals surface area contributed by atoms with Gasteiger partial charge >= 0.3 is 7.82 Å². The first kappa shape index (κ1) is 51.6. The summed E-state index contributed by atoms with van der Waals surface area (Å²) in [6, 6.07) is -0.476. The van der Waals surface area contributed by atoms with Crippen LogP contribution in [0.25, 0.3) is 0 Å². The number of allylic oxidation sites excluding steroid dienone is 6. The molecule has 0 radical (unpaired) electrons. The van der Waals surface area contributed by atoms with E-state index in [1.165, 1.54) is 161 Å². The van der Waals surface area contributed by atoms with Gasteiger partial charge in [-0.1, -0.05) is 154 Å². The van der Waals surface area contributed by atoms with E-state index in [0.29, 0.717) is 13.0 Å². The minimum atomic E-state index is -3.70. The maximum absolute atomic E-state index is 12.8. The molecule has 0 saturated heterocycles. The van der Waals surface area contributed by atoms with Crippen LogP contribution in [0.1, 0.15) is 200 Å². The third kappa shape index (κ3) is 38.7. The largest absolute Gasteiger partial charge is 0.498 e. The van der Waals surface area contributed by atoms with Gasteiger partial charge in [-0.25, -0.2) is 4.57 Å². The molecule has 0 rings (SSSR count). The van der Waals surface area contributed by atoms with Crippen molar-refractivity contribution in [1.82, 2.24) is 0 Å². The van der Waals surface area contributed by atoms with E-state index in [1.54, 1.807) is 0 Å². The van der Waals surface area contributed by atoms with Crippen molar-refractivity contribution in [1.29, 1.82) is 0 Å². The maximum atomic E-state index is 12.8. The van der Waals surface area contributed by atoms with Gasteiger partial charge in [0, 0.05) is 26.4 Å². The fourth-order valence-corrected chi connectivity index (χ4v) is 7.00. The van der Waals surface area contributed by atoms with Gasteiger partial charge in [0.25, 0.3) is 0 Å². The average Bonchev–Trinajstić information content (AvgIpc) is 3.16. The zero-order valence-corrected chi connectivity index (χ0v) is 36.0. The number of nitrogens with two attached hydrogens (primary N) is 1. The van der Waals surface area contributed by atoms with Crippen LogP contribution in [0.4, 0.5) is 0 Å². The molecule has 0 bridgehead atoms. The minimum Gasteiger partial charge on any atom is -0.498 e. The van der Waals surface area contributed by atoms with Crippen LogP contribution in [-0.2, 0) is 27.6 Å². The van der Waals surface area contributed by atoms with Crippen LogP contribution in [0, 0.1) is 0 Å². The highest BCUT2D eigenvalue weighted by Crippen LogP contribution is 2.48. The van der Waals surface area contributed by atoms with Crippen molar-refractivity contribution in [3.63, 3.8) is 0 Å². The average molecular weight is 768 g/mol. The number of unbranched alkanes of at least 4 members (excludes halogenated alkanes) is 22. The van der Waals surface area contributed by atoms with Crippen molar-refractivity contribution >= 4 is 7.82 Å². The molecule has 2 atom stereocenters. The molecule has 0 aliphatic carbocycles. The lowest BCUT2D eigenvalue weighted by Crippen LogP contribution is -2.31. The first-order valence-electron chi connectivity index (χ1n) is 22.0. The van der Waals surface area contributed by atoms with Gasteiger partial charge in [-0.2, -0.15) is 0 Å². The predicted octanol–water partition coefficient (Wildman–Crippen LogP) is 14.6. The third-order valence-electron chi connectivity index (χ3n) is 9.45. The van der Waals surface area contributed by atoms with E-state index in [-0.39, 0.29) is 19.8 Å². The highest BCUT2D eigenvalue weighted by molar-refractivity contribution is 7.48. The molecule has 0 aliphatic rings. The van der Waals surface area contributed by atoms with Gasteiger partial charge < -0.3 is 15.2 Å². The Bertz CT molecular complexity index is 923. The molecule has 0 saturated carbocycles. The van der Waals surface area contributed by atoms with Gasteiger partial charge in [0.1, 0.15) is 6.61 Å². The molecule has 8 heteroatoms. The molecular formula is C45H86NO6P. The SMILES string of the molecule is C=C(CCCCCCC/C=C\CCCCCCCC)OCCCOP(=O)(OC)OCC(N)COC(=C)CCCCCCC/C=C\CCCCCCCC. The number of hydrogen-bond acceptors (Lipinski definition) is 7. The fraction of sp³-hybridized carbons (Fsp3) is 0.822. The van der Waals surface area contributed by atoms with E-state index in [2.05, 4.69) is 51.3 Å². The number of rotatable bonds is 43. The molecule has 0 aliphatic heterocycles. The van der Waals surface area contributed by atoms with E-state index in [0.717, 1.165) is 37.2 Å². The number of ether oxygens (including phenoxy) is 2. The van der Waals surface area contributed by atoms with Gasteiger partial charge in [-0.15, -0.1) is 0 Å². The summed E-state index contributed by atoms with van der Waals surface area (Å²) in [5.41, 5.74) is 6.13. The summed E-state index contributed by atoms with van der Waals surface area (Å²) in [4.78, 5) is 0. The van der Waals surface area contributed by atoms with Crippen LogP contribution in [0.3, 0.4) is 0 Å². The van der Waals surface area contributed by atoms with Gasteiger partial charge in [0.2, 0.25) is 0 Å². The van der Waals surface area contributed by atoms with E-state index < -0.39 is 13.9 Å². The highest BCUT2D eigenvalue weighted by atomic mass is 31.2. The monoisotopic (exact) mass is 768 g/mol. The van der Waals surface area contributed by atoms with Crippen LogP contribution >= 0.6 is 7.82 Å². The van der Waals surface area contributed by atoms with Crippen LogP contribution in [-0.4, -0.2) is 39.6 Å². The fourth-order valence-electron chi connectivity index (χ4n) is 5.98. The zero-order chi connectivity index (χ0) is 38.9. The first-order chi connectivity index (χ1) is 25.9. The molecule has 312 valence electrons. The Balaban J connectivity index is 3.71. The maximum Gasteiger partial charge on any atom is 0.474 e. The summed E-state index contributed by atoms with van der Waals surface area (Å²) >= 11 is 0. The van der Waals surface area contributed by atoms with E-state index in [9.17, 15) is 4.57 Å². The molecular weight excluding hydrogens is 681 g/mol. The second-order valence-corrected chi connectivity index (χ2v) is 16.6. The molecule has 0 fully saturated rings. The second-order valence-electron chi connectivity index (χ2n) is 14.8. The van der Waals surface area contributed by atoms with E-state index >= 15 is 0 Å². The molecule has 53 heavy (non-hydrogen) atoms. The molecule has 2 unspecified atom stereocenters. The van der Waals surface area contributed by atoms with Crippen LogP contribution < -0.4 is 5.73 Å². The quantitative estimate of drug-likeness (QED) is 0.0286. The topological polar surface area (TPSA) is 89.2 Å². The number of phosphoric ester groups is 1. The Labute approximate surface area is 328 Å². The predicted molar refractivity (Wildman–Crippen MR) is 228 cm³/mol. The molecule has 0 aromatic carbocycles. The van der Waals surface area contributed by atoms with Crippen LogP contribution in [0.15, 0.2) is 49.0 Å². The van der Waals surface area contributed by atoms with Gasteiger partial charge in [-0.05, 0) is 64.2 Å². The van der Waals surface area contributed by atoms with Gasteiger partial charge in [0.15, 0.2) is 0 Å². The van der Waals surface area contributed by atoms with Crippen molar-refractivity contribution < 1.29 is 27.6 Å². The van der Waals surface area contributed by atoms with Crippen molar-refractivity contribution in [2.45, 2.75) is 206 Å². The summed E-state index contributed by atoms with van der Waals surface area (Å²) in [5.74, 6) is 1.52. The Morgan fingerprint density at radius 3 is 1.36 bits per heavy atom. The third-order valence-corrected chi connectivity index (χ3v) is 10.9. The molecule has 0 heterocycles. The van der Waals surface area contributed by atoms with Gasteiger partial charge in [-0.3, -0.25) is 13.6 Å². The minimum absolute atomic E-state index is 0.00490. The Morgan fingerprint density at radius 2 is 0.925 bits per heavy atom. The van der Waals surface area contributed by atoms with Crippen molar-refractivity contribution in [3.8, 4) is 0 Å². The van der Waals surface area contributed by atoms with Crippen LogP contribution in [0.2, 0.25) is 0 Å². The lowest BCUT2D eigenvalue weighted by molar-refractivity contribution is 0.0987. The van der Waals surface area contributed by atoms with Crippen molar-refractivity contribution in [2.24, 2.45) is 5.73 Å². The summed E-state index contributed by atoms with van der Waals surface area (Å²) in [6.07, 6.45) is 45.0. The molecule has 0 aromatic rings. The van der Waals surface area contributed by atoms with Crippen LogP contribution in [0.5, 0.6) is 0 Å². The molecule has 7 nitrogen and oxygen atoms in total. The summed E-state index contributed by atoms with van der Waals surface area (Å²) in [6.45, 7) is 13.5. The van der Waals surface area contributed by atoms with E-state index in [1.807, 2.05) is 0 Å². The summed E-state index contributed by atoms with van der Waals surface area (Å²) in [5, 5.41) is 0. The van der Waals surface area contributed by atoms with Gasteiger partial charge in [0.05, 0.1) is 37.4 Å². The van der Waals surface area contributed by atoms with E-state index in [4.69, 9.17) is 28.8 Å². The lowest BCUT2D eigenvalue weighted by atomic mass is 10.1. The molecule has 0 amide bonds. The molecule has 2 N–H and O–H groups in total. The van der Waals surface area contributed by atoms with Crippen molar-refractivity contribution in [2.75, 3.05) is 33.5 Å². The van der Waals surface area contributed by atoms with Crippen molar-refractivity contribution in [3.05, 3.63) is 49.0 Å². The standard InChI is InChI=1S/C45H86NO6P/c1-6-8-10-12-14-16-18-20-22-24-26-28-30-32-34-37-43(3)49-39-36-40-51-53(47,48-5)52-42-45(46)41-50-44(4)38-35-33-31-29-27-25-23-21-19-17-15-13-11-9-7-2/h20-23,45H,3-4,6-19,24-42,46H2,1-2,5H3/b22-20-,23-21-. The Morgan fingerprint density at radius 1 is 0.528 bits per heavy atom. The molecule has 0 spiro atoms. The number of hydrogen-bond donors (Lipinski definition) is 1. The highest BCUT2D eigenvalue weighted by Gasteiger charge is 2.26. The summed E-state index contributed by atoms with van der Waals surface area (Å²) < 4.78 is 40.2. The molecule has 0 aromatic heterocycles. The Kier molecular flexibility index (Phi) is 39.3. The Hall–Kier alpha value is -1.37. The lowest BCUT2D eigenvalue weighted by Gasteiger charge is -2.19. The second kappa shape index (κ2) is 40.3. The smallest absolute Gasteiger partial charge is 0.474 e.